The molecule has 0 radical (unpaired) electrons. The van der Waals surface area contributed by atoms with E-state index in [1.165, 1.54) is 0 Å². The van der Waals surface area contributed by atoms with Crippen LogP contribution in [0.15, 0.2) is 29.6 Å². The molecule has 0 aliphatic carbocycles. The number of anilines is 1. The van der Waals surface area contributed by atoms with E-state index >= 15 is 0 Å². The number of imidazole rings is 1. The number of piperazine rings is 1. The molecule has 3 heterocycles. The second kappa shape index (κ2) is 6.09. The monoisotopic (exact) mass is 288 g/mol. The van der Waals surface area contributed by atoms with Gasteiger partial charge in [-0.3, -0.25) is 9.55 Å². The number of aromatic amines is 1. The molecule has 1 saturated heterocycles. The lowest BCUT2D eigenvalue weighted by Gasteiger charge is -2.33. The molecule has 3 rings (SSSR count). The van der Waals surface area contributed by atoms with E-state index in [0.29, 0.717) is 13.0 Å². The van der Waals surface area contributed by atoms with Crippen LogP contribution in [-0.2, 0) is 13.0 Å². The van der Waals surface area contributed by atoms with Gasteiger partial charge in [0.2, 0.25) is 0 Å². The summed E-state index contributed by atoms with van der Waals surface area (Å²) in [5.74, 6) is 0.953. The highest BCUT2D eigenvalue weighted by Crippen LogP contribution is 2.17. The Balaban J connectivity index is 1.73. The molecule has 0 unspecified atom stereocenters. The third-order valence-corrected chi connectivity index (χ3v) is 3.87. The summed E-state index contributed by atoms with van der Waals surface area (Å²) >= 11 is 0. The quantitative estimate of drug-likeness (QED) is 0.855. The van der Waals surface area contributed by atoms with Gasteiger partial charge in [-0.05, 0) is 7.05 Å². The third-order valence-electron chi connectivity index (χ3n) is 3.87. The Morgan fingerprint density at radius 3 is 2.67 bits per heavy atom. The molecule has 0 bridgehead atoms. The van der Waals surface area contributed by atoms with Crippen molar-refractivity contribution in [2.24, 2.45) is 0 Å². The summed E-state index contributed by atoms with van der Waals surface area (Å²) < 4.78 is 1.66. The minimum Gasteiger partial charge on any atom is -0.353 e. The standard InChI is InChI=1S/C14H20N6O/c1-18-8-10-19(11-9-18)13-12(15-3-4-16-13)2-6-20-7-5-17-14(20)21/h3-5,7H,2,6,8-11H2,1H3,(H,17,21). The molecular formula is C14H20N6O. The number of hydrogen-bond donors (Lipinski definition) is 1. The Morgan fingerprint density at radius 2 is 1.95 bits per heavy atom. The molecular weight excluding hydrogens is 268 g/mol. The first-order valence-electron chi connectivity index (χ1n) is 7.21. The smallest absolute Gasteiger partial charge is 0.325 e. The molecule has 0 atom stereocenters. The van der Waals surface area contributed by atoms with Gasteiger partial charge in [-0.15, -0.1) is 0 Å². The number of H-pyrrole nitrogens is 1. The normalized spacial score (nSPS) is 16.3. The first-order chi connectivity index (χ1) is 10.2. The fourth-order valence-electron chi connectivity index (χ4n) is 2.57. The minimum absolute atomic E-state index is 0.0833. The van der Waals surface area contributed by atoms with Crippen LogP contribution in [0.4, 0.5) is 5.82 Å². The van der Waals surface area contributed by atoms with Gasteiger partial charge < -0.3 is 14.8 Å². The van der Waals surface area contributed by atoms with E-state index in [-0.39, 0.29) is 5.69 Å². The summed E-state index contributed by atoms with van der Waals surface area (Å²) in [6, 6.07) is 0. The van der Waals surface area contributed by atoms with Crippen LogP contribution in [0.3, 0.4) is 0 Å². The number of likely N-dealkylation sites (N-methyl/N-ethyl adjacent to an activating group) is 1. The van der Waals surface area contributed by atoms with Crippen molar-refractivity contribution in [1.82, 2.24) is 24.4 Å². The van der Waals surface area contributed by atoms with E-state index in [4.69, 9.17) is 0 Å². The fraction of sp³-hybridized carbons (Fsp3) is 0.500. The number of aryl methyl sites for hydroxylation is 2. The average molecular weight is 288 g/mol. The van der Waals surface area contributed by atoms with E-state index in [9.17, 15) is 4.79 Å². The maximum absolute atomic E-state index is 11.5. The maximum atomic E-state index is 11.5. The molecule has 7 nitrogen and oxygen atoms in total. The molecule has 21 heavy (non-hydrogen) atoms. The number of hydrogen-bond acceptors (Lipinski definition) is 5. The number of aromatic nitrogens is 4. The summed E-state index contributed by atoms with van der Waals surface area (Å²) in [4.78, 5) is 27.7. The molecule has 2 aromatic heterocycles. The predicted octanol–water partition coefficient (Wildman–Crippen LogP) is -0.0391. The average Bonchev–Trinajstić information content (AvgIpc) is 2.92. The maximum Gasteiger partial charge on any atom is 0.325 e. The molecule has 1 aliphatic rings. The van der Waals surface area contributed by atoms with Crippen molar-refractivity contribution in [3.8, 4) is 0 Å². The Kier molecular flexibility index (Phi) is 4.01. The first kappa shape index (κ1) is 13.8. The van der Waals surface area contributed by atoms with Crippen molar-refractivity contribution < 1.29 is 0 Å². The molecule has 2 aromatic rings. The van der Waals surface area contributed by atoms with Gasteiger partial charge >= 0.3 is 5.69 Å². The number of rotatable bonds is 4. The van der Waals surface area contributed by atoms with Crippen molar-refractivity contribution in [3.05, 3.63) is 41.0 Å². The molecule has 112 valence electrons. The number of nitrogens with one attached hydrogen (secondary N) is 1. The van der Waals surface area contributed by atoms with Crippen LogP contribution >= 0.6 is 0 Å². The van der Waals surface area contributed by atoms with Gasteiger partial charge in [0.1, 0.15) is 5.82 Å². The van der Waals surface area contributed by atoms with Gasteiger partial charge in [-0.2, -0.15) is 0 Å². The predicted molar refractivity (Wildman–Crippen MR) is 80.5 cm³/mol. The zero-order chi connectivity index (χ0) is 14.7. The largest absolute Gasteiger partial charge is 0.353 e. The second-order valence-corrected chi connectivity index (χ2v) is 5.33. The Hall–Kier alpha value is -2.15. The fourth-order valence-corrected chi connectivity index (χ4v) is 2.57. The molecule has 1 aliphatic heterocycles. The molecule has 0 amide bonds. The Morgan fingerprint density at radius 1 is 1.19 bits per heavy atom. The minimum atomic E-state index is -0.0833. The van der Waals surface area contributed by atoms with Crippen molar-refractivity contribution in [3.63, 3.8) is 0 Å². The Bertz CT molecular complexity index is 641. The van der Waals surface area contributed by atoms with Gasteiger partial charge in [0.25, 0.3) is 0 Å². The lowest BCUT2D eigenvalue weighted by Crippen LogP contribution is -2.45. The second-order valence-electron chi connectivity index (χ2n) is 5.33. The molecule has 1 N–H and O–H groups in total. The molecule has 0 saturated carbocycles. The van der Waals surface area contributed by atoms with Gasteiger partial charge in [0.05, 0.1) is 5.69 Å². The number of nitrogens with zero attached hydrogens (tertiary/aromatic N) is 5. The lowest BCUT2D eigenvalue weighted by molar-refractivity contribution is 0.311. The molecule has 0 aromatic carbocycles. The van der Waals surface area contributed by atoms with Crippen molar-refractivity contribution in [1.29, 1.82) is 0 Å². The SMILES string of the molecule is CN1CCN(c2nccnc2CCn2cc[nH]c2=O)CC1. The van der Waals surface area contributed by atoms with Gasteiger partial charge in [0.15, 0.2) is 0 Å². The highest BCUT2D eigenvalue weighted by atomic mass is 16.1. The van der Waals surface area contributed by atoms with Gasteiger partial charge in [-0.25, -0.2) is 9.78 Å². The van der Waals surface area contributed by atoms with Crippen LogP contribution in [0.2, 0.25) is 0 Å². The topological polar surface area (TPSA) is 70.1 Å². The van der Waals surface area contributed by atoms with Crippen LogP contribution in [0.25, 0.3) is 0 Å². The Labute approximate surface area is 123 Å². The van der Waals surface area contributed by atoms with Gasteiger partial charge in [0, 0.05) is 63.9 Å². The zero-order valence-electron chi connectivity index (χ0n) is 12.2. The molecule has 0 spiro atoms. The summed E-state index contributed by atoms with van der Waals surface area (Å²) in [5, 5.41) is 0. The van der Waals surface area contributed by atoms with E-state index in [1.54, 1.807) is 29.4 Å². The summed E-state index contributed by atoms with van der Waals surface area (Å²) in [6.45, 7) is 4.61. The van der Waals surface area contributed by atoms with Gasteiger partial charge in [-0.1, -0.05) is 0 Å². The van der Waals surface area contributed by atoms with E-state index in [1.807, 2.05) is 0 Å². The zero-order valence-corrected chi connectivity index (χ0v) is 12.2. The highest BCUT2D eigenvalue weighted by Gasteiger charge is 2.18. The molecule has 1 fully saturated rings. The first-order valence-corrected chi connectivity index (χ1v) is 7.21. The summed E-state index contributed by atoms with van der Waals surface area (Å²) in [5.41, 5.74) is 0.871. The van der Waals surface area contributed by atoms with E-state index < -0.39 is 0 Å². The summed E-state index contributed by atoms with van der Waals surface area (Å²) in [7, 11) is 2.13. The van der Waals surface area contributed by atoms with Crippen LogP contribution in [0.1, 0.15) is 5.69 Å². The third kappa shape index (κ3) is 3.13. The molecule has 7 heteroatoms. The lowest BCUT2D eigenvalue weighted by atomic mass is 10.2. The van der Waals surface area contributed by atoms with Crippen molar-refractivity contribution in [2.75, 3.05) is 38.1 Å². The van der Waals surface area contributed by atoms with Crippen LogP contribution in [-0.4, -0.2) is 57.6 Å². The van der Waals surface area contributed by atoms with Crippen LogP contribution in [0, 0.1) is 0 Å². The summed E-state index contributed by atoms with van der Waals surface area (Å²) in [6.07, 6.45) is 7.57. The highest BCUT2D eigenvalue weighted by molar-refractivity contribution is 5.43. The van der Waals surface area contributed by atoms with E-state index in [2.05, 4.69) is 31.8 Å². The van der Waals surface area contributed by atoms with E-state index in [0.717, 1.165) is 37.7 Å². The van der Waals surface area contributed by atoms with Crippen LogP contribution in [0.5, 0.6) is 0 Å². The van der Waals surface area contributed by atoms with Crippen LogP contribution < -0.4 is 10.6 Å². The van der Waals surface area contributed by atoms with Crippen molar-refractivity contribution >= 4 is 5.82 Å². The van der Waals surface area contributed by atoms with Crippen molar-refractivity contribution in [2.45, 2.75) is 13.0 Å².